The first-order valence-electron chi connectivity index (χ1n) is 8.49. The number of likely N-dealkylation sites (tertiary alicyclic amines) is 1. The minimum Gasteiger partial charge on any atom is -0.338 e. The van der Waals surface area contributed by atoms with E-state index in [0.717, 1.165) is 31.0 Å². The fraction of sp³-hybridized carbons (Fsp3) is 0.389. The van der Waals surface area contributed by atoms with Crippen LogP contribution in [0.25, 0.3) is 0 Å². The Morgan fingerprint density at radius 1 is 1.30 bits per heavy atom. The molecule has 0 radical (unpaired) electrons. The number of rotatable bonds is 3. The normalized spacial score (nSPS) is 17.7. The molecule has 0 saturated carbocycles. The fourth-order valence-corrected chi connectivity index (χ4v) is 3.14. The Labute approximate surface area is 159 Å². The van der Waals surface area contributed by atoms with Gasteiger partial charge < -0.3 is 10.2 Å². The summed E-state index contributed by atoms with van der Waals surface area (Å²) < 4.78 is 38.5. The van der Waals surface area contributed by atoms with Gasteiger partial charge in [-0.05, 0) is 37.0 Å². The van der Waals surface area contributed by atoms with E-state index in [2.05, 4.69) is 22.2 Å². The van der Waals surface area contributed by atoms with Gasteiger partial charge in [-0.3, -0.25) is 4.79 Å². The lowest BCUT2D eigenvalue weighted by atomic mass is 10.00. The van der Waals surface area contributed by atoms with E-state index in [1.807, 2.05) is 0 Å². The molecule has 0 spiro atoms. The van der Waals surface area contributed by atoms with Crippen molar-refractivity contribution in [2.45, 2.75) is 25.9 Å². The Balaban J connectivity index is 1.74. The van der Waals surface area contributed by atoms with Crippen LogP contribution in [0.15, 0.2) is 30.6 Å². The van der Waals surface area contributed by atoms with Crippen molar-refractivity contribution in [3.63, 3.8) is 0 Å². The van der Waals surface area contributed by atoms with Crippen LogP contribution in [-0.4, -0.2) is 33.9 Å². The number of amides is 1. The molecule has 27 heavy (non-hydrogen) atoms. The van der Waals surface area contributed by atoms with Gasteiger partial charge in [0.1, 0.15) is 0 Å². The zero-order valence-corrected chi connectivity index (χ0v) is 15.3. The Bertz CT molecular complexity index is 826. The lowest BCUT2D eigenvalue weighted by Gasteiger charge is -2.30. The number of alkyl halides is 3. The molecule has 1 fully saturated rings. The monoisotopic (exact) mass is 398 g/mol. The summed E-state index contributed by atoms with van der Waals surface area (Å²) in [5.74, 6) is 0.359. The van der Waals surface area contributed by atoms with E-state index in [4.69, 9.17) is 11.6 Å². The number of nitrogens with one attached hydrogen (secondary N) is 1. The van der Waals surface area contributed by atoms with Crippen LogP contribution in [0.3, 0.4) is 0 Å². The highest BCUT2D eigenvalue weighted by Crippen LogP contribution is 2.34. The predicted molar refractivity (Wildman–Crippen MR) is 96.1 cm³/mol. The van der Waals surface area contributed by atoms with Crippen molar-refractivity contribution in [2.75, 3.05) is 18.4 Å². The third-order valence-electron chi connectivity index (χ3n) is 4.38. The molecule has 144 valence electrons. The maximum Gasteiger partial charge on any atom is 0.416 e. The number of benzene rings is 1. The van der Waals surface area contributed by atoms with Crippen LogP contribution in [0.1, 0.15) is 35.7 Å². The highest BCUT2D eigenvalue weighted by Gasteiger charge is 2.31. The van der Waals surface area contributed by atoms with Crippen molar-refractivity contribution in [1.82, 2.24) is 14.9 Å². The van der Waals surface area contributed by atoms with Crippen LogP contribution in [-0.2, 0) is 6.18 Å². The lowest BCUT2D eigenvalue weighted by molar-refractivity contribution is -0.137. The quantitative estimate of drug-likeness (QED) is 0.809. The molecule has 1 aromatic heterocycles. The van der Waals surface area contributed by atoms with Crippen LogP contribution in [0.2, 0.25) is 5.02 Å². The number of piperidine rings is 1. The number of anilines is 2. The van der Waals surface area contributed by atoms with Crippen molar-refractivity contribution in [3.8, 4) is 0 Å². The van der Waals surface area contributed by atoms with Gasteiger partial charge in [-0.2, -0.15) is 13.2 Å². The molecule has 1 aromatic carbocycles. The Morgan fingerprint density at radius 2 is 2.00 bits per heavy atom. The van der Waals surface area contributed by atoms with Crippen LogP contribution in [0, 0.1) is 5.92 Å². The van der Waals surface area contributed by atoms with Crippen molar-refractivity contribution < 1.29 is 18.0 Å². The summed E-state index contributed by atoms with van der Waals surface area (Å²) in [6, 6.07) is 2.94. The molecule has 1 amide bonds. The minimum atomic E-state index is -4.48. The van der Waals surface area contributed by atoms with Gasteiger partial charge in [0.15, 0.2) is 0 Å². The molecule has 0 bridgehead atoms. The van der Waals surface area contributed by atoms with E-state index in [0.29, 0.717) is 24.6 Å². The molecule has 1 aliphatic heterocycles. The summed E-state index contributed by atoms with van der Waals surface area (Å²) in [4.78, 5) is 22.3. The zero-order valence-electron chi connectivity index (χ0n) is 14.6. The van der Waals surface area contributed by atoms with E-state index >= 15 is 0 Å². The van der Waals surface area contributed by atoms with Gasteiger partial charge in [-0.25, -0.2) is 9.97 Å². The molecule has 1 aliphatic rings. The smallest absolute Gasteiger partial charge is 0.338 e. The van der Waals surface area contributed by atoms with Gasteiger partial charge >= 0.3 is 6.18 Å². The van der Waals surface area contributed by atoms with Gasteiger partial charge in [0.05, 0.1) is 21.8 Å². The first-order valence-corrected chi connectivity index (χ1v) is 8.87. The molecule has 1 unspecified atom stereocenters. The molecule has 1 atom stereocenters. The van der Waals surface area contributed by atoms with Crippen molar-refractivity contribution >= 4 is 29.1 Å². The largest absolute Gasteiger partial charge is 0.416 e. The average Bonchev–Trinajstić information content (AvgIpc) is 2.62. The van der Waals surface area contributed by atoms with Crippen LogP contribution in [0.4, 0.5) is 24.8 Å². The summed E-state index contributed by atoms with van der Waals surface area (Å²) >= 11 is 5.95. The van der Waals surface area contributed by atoms with Crippen LogP contribution in [0.5, 0.6) is 0 Å². The molecule has 5 nitrogen and oxygen atoms in total. The van der Waals surface area contributed by atoms with Gasteiger partial charge in [0.25, 0.3) is 5.91 Å². The Morgan fingerprint density at radius 3 is 2.63 bits per heavy atom. The topological polar surface area (TPSA) is 58.1 Å². The van der Waals surface area contributed by atoms with Gasteiger partial charge in [-0.15, -0.1) is 0 Å². The minimum absolute atomic E-state index is 0.0374. The van der Waals surface area contributed by atoms with E-state index in [-0.39, 0.29) is 22.6 Å². The predicted octanol–water partition coefficient (Wildman–Crippen LogP) is 4.76. The van der Waals surface area contributed by atoms with Gasteiger partial charge in [0, 0.05) is 25.5 Å². The Hall–Kier alpha value is -2.35. The molecular formula is C18H18ClF3N4O. The first kappa shape index (κ1) is 19.4. The fourth-order valence-electron chi connectivity index (χ4n) is 2.98. The summed E-state index contributed by atoms with van der Waals surface area (Å²) in [6.45, 7) is 3.49. The summed E-state index contributed by atoms with van der Waals surface area (Å²) in [7, 11) is 0. The molecule has 9 heteroatoms. The van der Waals surface area contributed by atoms with Gasteiger partial charge in [-0.1, -0.05) is 18.5 Å². The second-order valence-corrected chi connectivity index (χ2v) is 7.02. The van der Waals surface area contributed by atoms with Crippen molar-refractivity contribution in [2.24, 2.45) is 5.92 Å². The van der Waals surface area contributed by atoms with E-state index in [1.54, 1.807) is 4.90 Å². The van der Waals surface area contributed by atoms with E-state index < -0.39 is 11.7 Å². The van der Waals surface area contributed by atoms with Crippen molar-refractivity contribution in [1.29, 1.82) is 0 Å². The third-order valence-corrected chi connectivity index (χ3v) is 4.71. The summed E-state index contributed by atoms with van der Waals surface area (Å²) in [5.41, 5.74) is -0.458. The van der Waals surface area contributed by atoms with Crippen molar-refractivity contribution in [3.05, 3.63) is 46.7 Å². The van der Waals surface area contributed by atoms with Gasteiger partial charge in [0.2, 0.25) is 5.95 Å². The summed E-state index contributed by atoms with van der Waals surface area (Å²) in [6.07, 6.45) is 0.295. The summed E-state index contributed by atoms with van der Waals surface area (Å²) in [5, 5.41) is 2.76. The maximum absolute atomic E-state index is 12.8. The number of carbonyl (C=O) groups excluding carboxylic acids is 1. The average molecular weight is 399 g/mol. The number of nitrogens with zero attached hydrogens (tertiary/aromatic N) is 3. The number of carbonyl (C=O) groups is 1. The molecule has 1 saturated heterocycles. The van der Waals surface area contributed by atoms with Crippen LogP contribution >= 0.6 is 11.6 Å². The highest BCUT2D eigenvalue weighted by molar-refractivity contribution is 6.33. The highest BCUT2D eigenvalue weighted by atomic mass is 35.5. The molecule has 1 N–H and O–H groups in total. The number of aromatic nitrogens is 2. The maximum atomic E-state index is 12.8. The SMILES string of the molecule is CC1CCCN(C(=O)c2cnc(Nc3cc(C(F)(F)F)ccc3Cl)nc2)C1. The molecule has 0 aliphatic carbocycles. The third kappa shape index (κ3) is 4.68. The number of hydrogen-bond donors (Lipinski definition) is 1. The second kappa shape index (κ2) is 7.72. The molecular weight excluding hydrogens is 381 g/mol. The van der Waals surface area contributed by atoms with Crippen LogP contribution < -0.4 is 5.32 Å². The lowest BCUT2D eigenvalue weighted by Crippen LogP contribution is -2.39. The standard InChI is InChI=1S/C18H18ClF3N4O/c1-11-3-2-6-26(10-11)16(27)12-8-23-17(24-9-12)25-15-7-13(18(20,21)22)4-5-14(15)19/h4-5,7-9,11H,2-3,6,10H2,1H3,(H,23,24,25). The Kier molecular flexibility index (Phi) is 5.55. The molecule has 2 heterocycles. The second-order valence-electron chi connectivity index (χ2n) is 6.61. The zero-order chi connectivity index (χ0) is 19.6. The number of halogens is 4. The molecule has 3 rings (SSSR count). The number of hydrogen-bond acceptors (Lipinski definition) is 4. The first-order chi connectivity index (χ1) is 12.7. The van der Waals surface area contributed by atoms with E-state index in [1.165, 1.54) is 12.4 Å². The van der Waals surface area contributed by atoms with E-state index in [9.17, 15) is 18.0 Å². The molecule has 2 aromatic rings.